The Bertz CT molecular complexity index is 749. The summed E-state index contributed by atoms with van der Waals surface area (Å²) in [5.74, 6) is -0.260. The molecule has 21 heavy (non-hydrogen) atoms. The van der Waals surface area contributed by atoms with Crippen molar-refractivity contribution >= 4 is 21.6 Å². The molecule has 106 valence electrons. The van der Waals surface area contributed by atoms with Crippen LogP contribution in [0.25, 0.3) is 0 Å². The van der Waals surface area contributed by atoms with Crippen molar-refractivity contribution < 1.29 is 13.9 Å². The Balaban J connectivity index is 1.88. The first-order valence-corrected chi connectivity index (χ1v) is 7.39. The van der Waals surface area contributed by atoms with Crippen molar-refractivity contribution in [2.75, 3.05) is 13.2 Å². The van der Waals surface area contributed by atoms with Gasteiger partial charge in [0, 0.05) is 11.5 Å². The van der Waals surface area contributed by atoms with E-state index < -0.39 is 0 Å². The van der Waals surface area contributed by atoms with E-state index in [0.717, 1.165) is 28.1 Å². The highest BCUT2D eigenvalue weighted by atomic mass is 79.9. The van der Waals surface area contributed by atoms with Crippen molar-refractivity contribution in [1.82, 2.24) is 0 Å². The van der Waals surface area contributed by atoms with Crippen molar-refractivity contribution in [3.8, 4) is 0 Å². The van der Waals surface area contributed by atoms with Gasteiger partial charge in [-0.15, -0.1) is 0 Å². The van der Waals surface area contributed by atoms with Gasteiger partial charge < -0.3 is 9.47 Å². The lowest BCUT2D eigenvalue weighted by Crippen LogP contribution is -2.21. The molecular weight excluding hydrogens is 337 g/mol. The summed E-state index contributed by atoms with van der Waals surface area (Å²) in [5, 5.41) is 0. The van der Waals surface area contributed by atoms with E-state index >= 15 is 0 Å². The molecule has 0 aromatic heterocycles. The average molecular weight is 348 g/mol. The van der Waals surface area contributed by atoms with E-state index in [1.54, 1.807) is 18.6 Å². The lowest BCUT2D eigenvalue weighted by atomic mass is 9.80. The molecule has 5 heteroatoms. The van der Waals surface area contributed by atoms with Gasteiger partial charge in [-0.3, -0.25) is 0 Å². The van der Waals surface area contributed by atoms with Crippen LogP contribution in [0.2, 0.25) is 0 Å². The van der Waals surface area contributed by atoms with E-state index in [-0.39, 0.29) is 11.7 Å². The fraction of sp³-hybridized carbons (Fsp3) is 0.188. The molecule has 0 saturated heterocycles. The number of benzene rings is 1. The zero-order chi connectivity index (χ0) is 14.4. The largest absolute Gasteiger partial charge is 0.495 e. The second-order valence-electron chi connectivity index (χ2n) is 5.07. The SMILES string of the molecule is Fc1ccc([C@H]2C3=COCC3=NC3=C2C=COC3)cc1Br. The Labute approximate surface area is 129 Å². The highest BCUT2D eigenvalue weighted by Crippen LogP contribution is 2.42. The standard InChI is InChI=1S/C16H11BrFNO2/c17-12-5-9(1-2-13(12)18)16-10-3-4-20-7-14(10)19-15-8-21-6-11(15)16/h1-6,16H,7-8H2/t16-/m1/s1. The van der Waals surface area contributed by atoms with Gasteiger partial charge >= 0.3 is 0 Å². The summed E-state index contributed by atoms with van der Waals surface area (Å²) < 4.78 is 24.7. The molecule has 0 radical (unpaired) electrons. The van der Waals surface area contributed by atoms with E-state index in [4.69, 9.17) is 9.47 Å². The van der Waals surface area contributed by atoms with Crippen LogP contribution in [0.5, 0.6) is 0 Å². The number of ether oxygens (including phenoxy) is 2. The van der Waals surface area contributed by atoms with Crippen LogP contribution in [0.3, 0.4) is 0 Å². The summed E-state index contributed by atoms with van der Waals surface area (Å²) in [6.07, 6.45) is 5.37. The van der Waals surface area contributed by atoms with Crippen LogP contribution in [0, 0.1) is 5.82 Å². The molecule has 3 aliphatic rings. The Morgan fingerprint density at radius 2 is 2.14 bits per heavy atom. The van der Waals surface area contributed by atoms with Gasteiger partial charge in [0.05, 0.1) is 28.4 Å². The molecule has 0 spiro atoms. The summed E-state index contributed by atoms with van der Waals surface area (Å²) in [7, 11) is 0. The van der Waals surface area contributed by atoms with Gasteiger partial charge in [-0.1, -0.05) is 6.07 Å². The van der Waals surface area contributed by atoms with Crippen molar-refractivity contribution in [1.29, 1.82) is 0 Å². The van der Waals surface area contributed by atoms with E-state index in [2.05, 4.69) is 20.9 Å². The zero-order valence-electron chi connectivity index (χ0n) is 11.0. The van der Waals surface area contributed by atoms with Crippen molar-refractivity contribution in [2.24, 2.45) is 4.99 Å². The highest BCUT2D eigenvalue weighted by Gasteiger charge is 2.34. The normalized spacial score (nSPS) is 22.9. The maximum absolute atomic E-state index is 13.5. The molecule has 0 unspecified atom stereocenters. The molecular formula is C16H11BrFNO2. The maximum Gasteiger partial charge on any atom is 0.137 e. The molecule has 3 nitrogen and oxygen atoms in total. The molecule has 3 aliphatic heterocycles. The van der Waals surface area contributed by atoms with Gasteiger partial charge in [0.1, 0.15) is 19.0 Å². The van der Waals surface area contributed by atoms with Gasteiger partial charge in [-0.2, -0.15) is 0 Å². The minimum atomic E-state index is -0.267. The second-order valence-corrected chi connectivity index (χ2v) is 5.92. The molecule has 0 aliphatic carbocycles. The second kappa shape index (κ2) is 4.84. The quantitative estimate of drug-likeness (QED) is 0.772. The van der Waals surface area contributed by atoms with E-state index in [1.165, 1.54) is 6.07 Å². The fourth-order valence-corrected chi connectivity index (χ4v) is 3.26. The van der Waals surface area contributed by atoms with Gasteiger partial charge in [0.2, 0.25) is 0 Å². The number of nitrogens with zero attached hydrogens (tertiary/aromatic N) is 1. The molecule has 0 bridgehead atoms. The third-order valence-corrected chi connectivity index (χ3v) is 4.44. The van der Waals surface area contributed by atoms with Gasteiger partial charge in [0.25, 0.3) is 0 Å². The minimum absolute atomic E-state index is 0.00653. The Hall–Kier alpha value is -1.88. The van der Waals surface area contributed by atoms with Crippen molar-refractivity contribution in [3.05, 3.63) is 69.5 Å². The smallest absolute Gasteiger partial charge is 0.137 e. The number of aliphatic imine (C=N–C) groups is 1. The number of hydrogen-bond donors (Lipinski definition) is 0. The van der Waals surface area contributed by atoms with E-state index in [1.807, 2.05) is 12.1 Å². The summed E-state index contributed by atoms with van der Waals surface area (Å²) in [6.45, 7) is 0.941. The predicted octanol–water partition coefficient (Wildman–Crippen LogP) is 3.84. The Morgan fingerprint density at radius 1 is 1.24 bits per heavy atom. The van der Waals surface area contributed by atoms with Gasteiger partial charge in [-0.05, 0) is 45.3 Å². The molecule has 1 aromatic rings. The van der Waals surface area contributed by atoms with Crippen LogP contribution >= 0.6 is 15.9 Å². The molecule has 4 rings (SSSR count). The molecule has 0 fully saturated rings. The summed E-state index contributed by atoms with van der Waals surface area (Å²) >= 11 is 3.26. The maximum atomic E-state index is 13.5. The molecule has 1 aromatic carbocycles. The summed E-state index contributed by atoms with van der Waals surface area (Å²) in [6, 6.07) is 5.10. The zero-order valence-corrected chi connectivity index (χ0v) is 12.6. The van der Waals surface area contributed by atoms with E-state index in [9.17, 15) is 4.39 Å². The minimum Gasteiger partial charge on any atom is -0.495 e. The third kappa shape index (κ3) is 2.03. The first-order chi connectivity index (χ1) is 10.2. The first kappa shape index (κ1) is 12.8. The van der Waals surface area contributed by atoms with Crippen molar-refractivity contribution in [3.63, 3.8) is 0 Å². The van der Waals surface area contributed by atoms with Crippen LogP contribution in [-0.4, -0.2) is 18.9 Å². The van der Waals surface area contributed by atoms with Gasteiger partial charge in [-0.25, -0.2) is 9.38 Å². The number of fused-ring (bicyclic) bond motifs is 1. The molecule has 1 atom stereocenters. The number of halogens is 2. The Kier molecular flexibility index (Phi) is 2.96. The highest BCUT2D eigenvalue weighted by molar-refractivity contribution is 9.10. The van der Waals surface area contributed by atoms with Crippen LogP contribution in [-0.2, 0) is 9.47 Å². The van der Waals surface area contributed by atoms with Gasteiger partial charge in [0.15, 0.2) is 0 Å². The van der Waals surface area contributed by atoms with E-state index in [0.29, 0.717) is 17.7 Å². The fourth-order valence-electron chi connectivity index (χ4n) is 2.86. The number of rotatable bonds is 1. The molecule has 0 N–H and O–H groups in total. The summed E-state index contributed by atoms with van der Waals surface area (Å²) in [5.41, 5.74) is 4.98. The molecule has 0 amide bonds. The Morgan fingerprint density at radius 3 is 3.00 bits per heavy atom. The van der Waals surface area contributed by atoms with Crippen molar-refractivity contribution in [2.45, 2.75) is 5.92 Å². The average Bonchev–Trinajstić information content (AvgIpc) is 2.95. The predicted molar refractivity (Wildman–Crippen MR) is 80.4 cm³/mol. The monoisotopic (exact) mass is 347 g/mol. The molecule has 3 heterocycles. The molecule has 0 saturated carbocycles. The number of hydrogen-bond acceptors (Lipinski definition) is 3. The lowest BCUT2D eigenvalue weighted by Gasteiger charge is -2.28. The van der Waals surface area contributed by atoms with Crippen LogP contribution in [0.1, 0.15) is 11.5 Å². The topological polar surface area (TPSA) is 30.8 Å². The van der Waals surface area contributed by atoms with Crippen LogP contribution in [0.4, 0.5) is 4.39 Å². The number of allylic oxidation sites excluding steroid dienone is 2. The first-order valence-electron chi connectivity index (χ1n) is 6.60. The lowest BCUT2D eigenvalue weighted by molar-refractivity contribution is 0.271. The summed E-state index contributed by atoms with van der Waals surface area (Å²) in [4.78, 5) is 4.62. The van der Waals surface area contributed by atoms with Crippen LogP contribution in [0.15, 0.2) is 63.1 Å². The van der Waals surface area contributed by atoms with Crippen LogP contribution < -0.4 is 0 Å². The third-order valence-electron chi connectivity index (χ3n) is 3.83.